The minimum atomic E-state index is -0.250. The van der Waals surface area contributed by atoms with Gasteiger partial charge in [0.15, 0.2) is 0 Å². The molecule has 3 atom stereocenters. The summed E-state index contributed by atoms with van der Waals surface area (Å²) >= 11 is 4.09. The fourth-order valence-corrected chi connectivity index (χ4v) is 3.44. The third-order valence-corrected chi connectivity index (χ3v) is 4.98. The molecule has 140 valence electrons. The fraction of sp³-hybridized carbons (Fsp3) is 0.812. The Kier molecular flexibility index (Phi) is 12.2. The molecule has 1 rings (SSSR count). The first kappa shape index (κ1) is 22.5. The van der Waals surface area contributed by atoms with Crippen molar-refractivity contribution < 1.29 is 14.4 Å². The van der Waals surface area contributed by atoms with Gasteiger partial charge in [0.25, 0.3) is 0 Å². The van der Waals surface area contributed by atoms with E-state index in [1.165, 1.54) is 7.21 Å². The monoisotopic (exact) mass is 385 g/mol. The molecule has 1 fully saturated rings. The van der Waals surface area contributed by atoms with Gasteiger partial charge in [-0.05, 0) is 12.2 Å². The third kappa shape index (κ3) is 9.07. The van der Waals surface area contributed by atoms with E-state index >= 15 is 0 Å². The number of carbonyl (C=O) groups is 3. The van der Waals surface area contributed by atoms with Crippen molar-refractivity contribution in [2.24, 2.45) is 16.5 Å². The van der Waals surface area contributed by atoms with Gasteiger partial charge in [-0.3, -0.25) is 0 Å². The zero-order valence-electron chi connectivity index (χ0n) is 14.7. The molecule has 25 heavy (non-hydrogen) atoms. The number of carbonyl (C=O) groups excluding carboxylic acids is 3. The predicted octanol–water partition coefficient (Wildman–Crippen LogP) is 1.72. The van der Waals surface area contributed by atoms with Crippen molar-refractivity contribution in [2.45, 2.75) is 51.4 Å². The molecular weight excluding hydrogens is 356 g/mol. The average molecular weight is 385 g/mol. The fourth-order valence-electron chi connectivity index (χ4n) is 3.20. The quantitative estimate of drug-likeness (QED) is 0.207. The first-order valence-corrected chi connectivity index (χ1v) is 10.1. The van der Waals surface area contributed by atoms with Gasteiger partial charge in [-0.15, -0.1) is 0 Å². The second-order valence-electron chi connectivity index (χ2n) is 6.40. The van der Waals surface area contributed by atoms with E-state index in [0.717, 1.165) is 37.9 Å². The van der Waals surface area contributed by atoms with Gasteiger partial charge in [0.1, 0.15) is 0 Å². The molecule has 0 saturated heterocycles. The van der Waals surface area contributed by atoms with Gasteiger partial charge >= 0.3 is 134 Å². The molecule has 0 aromatic rings. The normalized spacial score (nSPS) is 20.2. The summed E-state index contributed by atoms with van der Waals surface area (Å²) in [6, 6.07) is 0. The minimum absolute atomic E-state index is 0.114. The van der Waals surface area contributed by atoms with Crippen LogP contribution in [-0.2, 0) is 14.4 Å². The number of rotatable bonds is 12. The van der Waals surface area contributed by atoms with Crippen LogP contribution in [-0.4, -0.2) is 43.5 Å². The Labute approximate surface area is 158 Å². The molecule has 0 aromatic heterocycles. The van der Waals surface area contributed by atoms with Crippen molar-refractivity contribution in [1.82, 2.24) is 10.5 Å². The molecule has 9 heteroatoms. The van der Waals surface area contributed by atoms with Crippen LogP contribution in [0.25, 0.3) is 0 Å². The van der Waals surface area contributed by atoms with Gasteiger partial charge in [-0.1, -0.05) is 0 Å². The van der Waals surface area contributed by atoms with E-state index in [-0.39, 0.29) is 29.3 Å². The van der Waals surface area contributed by atoms with E-state index in [0.29, 0.717) is 32.4 Å². The zero-order chi connectivity index (χ0) is 18.5. The van der Waals surface area contributed by atoms with Crippen molar-refractivity contribution in [3.05, 3.63) is 0 Å². The summed E-state index contributed by atoms with van der Waals surface area (Å²) in [6.45, 7) is 0.993. The first-order chi connectivity index (χ1) is 12.1. The van der Waals surface area contributed by atoms with E-state index in [2.05, 4.69) is 37.2 Å². The van der Waals surface area contributed by atoms with E-state index in [1.807, 2.05) is 0 Å². The molecule has 0 aromatic carbocycles. The standard InChI is InChI=1S/C16H29BN3O3PS/c21-12(5-4-10-25)11-18-9-3-8-15(22)13-6-1-2-7-14(13)16(23)19-17-20-24/h13-14,18,25H,1-11,24H2,(H,19,23)/t13?,14-/m1/s1. The summed E-state index contributed by atoms with van der Waals surface area (Å²) in [5.74, 6) is 0.506. The van der Waals surface area contributed by atoms with Gasteiger partial charge in [0, 0.05) is 0 Å². The summed E-state index contributed by atoms with van der Waals surface area (Å²) in [4.78, 5) is 36.2. The van der Waals surface area contributed by atoms with Crippen molar-refractivity contribution in [3.63, 3.8) is 0 Å². The number of nitrogens with zero attached hydrogens (tertiary/aromatic N) is 1. The number of nitrogens with one attached hydrogen (secondary N) is 2. The van der Waals surface area contributed by atoms with E-state index in [1.54, 1.807) is 0 Å². The third-order valence-electron chi connectivity index (χ3n) is 4.51. The van der Waals surface area contributed by atoms with Gasteiger partial charge < -0.3 is 0 Å². The van der Waals surface area contributed by atoms with Gasteiger partial charge in [-0.25, -0.2) is 0 Å². The first-order valence-electron chi connectivity index (χ1n) is 8.98. The molecule has 2 N–H and O–H groups in total. The Bertz CT molecular complexity index is 480. The topological polar surface area (TPSA) is 87.6 Å². The van der Waals surface area contributed by atoms with Crippen LogP contribution in [0.1, 0.15) is 51.4 Å². The summed E-state index contributed by atoms with van der Waals surface area (Å²) in [5.41, 5.74) is 0. The summed E-state index contributed by atoms with van der Waals surface area (Å²) in [7, 11) is 3.51. The SMILES string of the molecule is O=C(CCCS)CNCCCC(=O)C1CCCC[C@H]1C(=O)NB=NP. The molecule has 6 nitrogen and oxygen atoms in total. The molecule has 0 bridgehead atoms. The Balaban J connectivity index is 2.31. The number of ketones is 2. The molecule has 0 radical (unpaired) electrons. The Hall–Kier alpha value is -0.585. The summed E-state index contributed by atoms with van der Waals surface area (Å²) in [6.07, 6.45) is 6.00. The summed E-state index contributed by atoms with van der Waals surface area (Å²) in [5, 5.41) is 5.72. The Morgan fingerprint density at radius 3 is 2.52 bits per heavy atom. The second kappa shape index (κ2) is 13.6. The van der Waals surface area contributed by atoms with Gasteiger partial charge in [0.2, 0.25) is 0 Å². The zero-order valence-corrected chi connectivity index (χ0v) is 16.8. The number of hydrogen-bond acceptors (Lipinski definition) is 6. The number of amides is 1. The van der Waals surface area contributed by atoms with Gasteiger partial charge in [0.05, 0.1) is 0 Å². The number of hydrogen-bond donors (Lipinski definition) is 3. The molecule has 1 aliphatic carbocycles. The second-order valence-corrected chi connectivity index (χ2v) is 7.14. The molecule has 2 unspecified atom stereocenters. The molecule has 0 aliphatic heterocycles. The maximum atomic E-state index is 12.5. The van der Waals surface area contributed by atoms with Crippen LogP contribution in [0.5, 0.6) is 0 Å². The number of thiol groups is 1. The molecule has 0 spiro atoms. The molecule has 0 heterocycles. The molecule has 1 amide bonds. The van der Waals surface area contributed by atoms with E-state index in [4.69, 9.17) is 0 Å². The van der Waals surface area contributed by atoms with Crippen LogP contribution in [0.4, 0.5) is 0 Å². The van der Waals surface area contributed by atoms with Crippen molar-refractivity contribution in [3.8, 4) is 0 Å². The van der Waals surface area contributed by atoms with Crippen molar-refractivity contribution in [1.29, 1.82) is 0 Å². The predicted molar refractivity (Wildman–Crippen MR) is 107 cm³/mol. The van der Waals surface area contributed by atoms with Crippen LogP contribution in [0.2, 0.25) is 0 Å². The molecular formula is C16H29BN3O3PS. The Morgan fingerprint density at radius 2 is 1.84 bits per heavy atom. The number of Topliss-reactive ketones (excluding diaryl/α,β-unsaturated/α-hetero) is 2. The van der Waals surface area contributed by atoms with Crippen molar-refractivity contribution in [2.75, 3.05) is 18.8 Å². The molecule has 1 aliphatic rings. The van der Waals surface area contributed by atoms with E-state index in [9.17, 15) is 14.4 Å². The van der Waals surface area contributed by atoms with Crippen LogP contribution < -0.4 is 10.5 Å². The van der Waals surface area contributed by atoms with Crippen LogP contribution >= 0.6 is 22.0 Å². The van der Waals surface area contributed by atoms with Crippen LogP contribution in [0, 0.1) is 11.8 Å². The van der Waals surface area contributed by atoms with E-state index < -0.39 is 0 Å². The van der Waals surface area contributed by atoms with Crippen LogP contribution in [0.3, 0.4) is 0 Å². The van der Waals surface area contributed by atoms with Crippen molar-refractivity contribution >= 4 is 46.7 Å². The van der Waals surface area contributed by atoms with Gasteiger partial charge in [-0.2, -0.15) is 12.6 Å². The van der Waals surface area contributed by atoms with Crippen LogP contribution in [0.15, 0.2) is 4.67 Å². The maximum absolute atomic E-state index is 12.5. The Morgan fingerprint density at radius 1 is 1.12 bits per heavy atom. The summed E-state index contributed by atoms with van der Waals surface area (Å²) < 4.78 is 3.68. The molecule has 1 saturated carbocycles. The average Bonchev–Trinajstić information content (AvgIpc) is 2.63.